The Hall–Kier alpha value is -0.295. The Labute approximate surface area is 41.1 Å². The van der Waals surface area contributed by atoms with Gasteiger partial charge >= 0.3 is 0 Å². The molecule has 0 aromatic carbocycles. The van der Waals surface area contributed by atoms with Gasteiger partial charge in [-0.3, -0.25) is 0 Å². The Balaban J connectivity index is 3.65. The van der Waals surface area contributed by atoms with Crippen molar-refractivity contribution in [1.82, 2.24) is 0 Å². The minimum absolute atomic E-state index is 0.0625. The van der Waals surface area contributed by atoms with Crippen LogP contribution in [0.5, 0.6) is 0 Å². The number of rotatable bonds is 1. The summed E-state index contributed by atoms with van der Waals surface area (Å²) in [5.41, 5.74) is 0. The normalized spacial score (nSPS) is 9.86. The van der Waals surface area contributed by atoms with Gasteiger partial charge in [-0.25, -0.2) is 5.26 Å². The molecule has 0 aliphatic carbocycles. The first kappa shape index (κ1) is 6.70. The van der Waals surface area contributed by atoms with Crippen LogP contribution in [0.1, 0.15) is 0 Å². The molecular formula is CBNO3P-2. The van der Waals surface area contributed by atoms with Gasteiger partial charge in [-0.1, -0.05) is 7.47 Å². The Morgan fingerprint density at radius 1 is 1.71 bits per heavy atom. The summed E-state index contributed by atoms with van der Waals surface area (Å²) in [7, 11) is -4.65. The molecule has 0 aromatic rings. The Bertz CT molecular complexity index is 132. The van der Waals surface area contributed by atoms with E-state index in [0.717, 1.165) is 5.97 Å². The van der Waals surface area contributed by atoms with E-state index in [1.165, 1.54) is 0 Å². The summed E-state index contributed by atoms with van der Waals surface area (Å²) in [6.07, 6.45) is 0. The first-order valence-electron chi connectivity index (χ1n) is 1.32. The highest BCUT2D eigenvalue weighted by Crippen LogP contribution is 2.17. The van der Waals surface area contributed by atoms with Gasteiger partial charge in [0, 0.05) is 5.97 Å². The number of nitrogens with zero attached hydrogens (tertiary/aromatic N) is 1. The maximum absolute atomic E-state index is 9.43. The summed E-state index contributed by atoms with van der Waals surface area (Å²) in [6, 6.07) is 0. The number of hydrogen-bond donors (Lipinski definition) is 0. The number of nitriles is 1. The van der Waals surface area contributed by atoms with Gasteiger partial charge in [-0.05, 0) is 0 Å². The zero-order valence-corrected chi connectivity index (χ0v) is 4.09. The molecular weight excluding hydrogens is 116 g/mol. The van der Waals surface area contributed by atoms with Crippen molar-refractivity contribution in [3.8, 4) is 5.97 Å². The van der Waals surface area contributed by atoms with Crippen molar-refractivity contribution < 1.29 is 14.4 Å². The molecule has 0 fully saturated rings. The molecule has 0 aliphatic heterocycles. The average molecular weight is 116 g/mol. The second-order valence-corrected chi connectivity index (χ2v) is 2.14. The zero-order valence-electron chi connectivity index (χ0n) is 3.20. The van der Waals surface area contributed by atoms with Gasteiger partial charge in [-0.2, -0.15) is 0 Å². The summed E-state index contributed by atoms with van der Waals surface area (Å²) in [4.78, 5) is 18.9. The molecule has 1 radical (unpaired) electrons. The van der Waals surface area contributed by atoms with Crippen LogP contribution in [0.2, 0.25) is 0 Å². The molecule has 7 heavy (non-hydrogen) atoms. The van der Waals surface area contributed by atoms with E-state index in [1.807, 2.05) is 0 Å². The molecule has 0 heterocycles. The van der Waals surface area contributed by atoms with Crippen LogP contribution >= 0.6 is 7.47 Å². The maximum atomic E-state index is 9.43. The summed E-state index contributed by atoms with van der Waals surface area (Å²) in [5.74, 6) is 1.09. The van der Waals surface area contributed by atoms with Gasteiger partial charge in [0.2, 0.25) is 0 Å². The van der Waals surface area contributed by atoms with Crippen LogP contribution in [0, 0.1) is 11.2 Å². The fraction of sp³-hybridized carbons (Fsp3) is 0. The predicted molar refractivity (Wildman–Crippen MR) is 19.0 cm³/mol. The van der Waals surface area contributed by atoms with Crippen LogP contribution in [-0.4, -0.2) is 7.00 Å². The lowest BCUT2D eigenvalue weighted by Gasteiger charge is -2.24. The highest BCUT2D eigenvalue weighted by Gasteiger charge is 1.88. The molecule has 0 N–H and O–H groups in total. The van der Waals surface area contributed by atoms with Crippen molar-refractivity contribution in [2.24, 2.45) is 0 Å². The second-order valence-electron chi connectivity index (χ2n) is 0.798. The van der Waals surface area contributed by atoms with E-state index < -0.39 is 7.47 Å². The first-order chi connectivity index (χ1) is 3.06. The number of hydrogen-bond acceptors (Lipinski definition) is 4. The van der Waals surface area contributed by atoms with Crippen molar-refractivity contribution in [2.45, 2.75) is 0 Å². The monoisotopic (exact) mass is 116 g/mol. The summed E-state index contributed by atoms with van der Waals surface area (Å²) in [5, 5.41) is 7.52. The fourth-order valence-electron chi connectivity index (χ4n) is 0.0707. The summed E-state index contributed by atoms with van der Waals surface area (Å²) < 4.78 is 9.43. The van der Waals surface area contributed by atoms with Gasteiger partial charge in [-0.15, -0.1) is 0 Å². The molecule has 0 amide bonds. The fourth-order valence-corrected chi connectivity index (χ4v) is 0.212. The second kappa shape index (κ2) is 2.13. The molecule has 0 bridgehead atoms. The van der Waals surface area contributed by atoms with Gasteiger partial charge < -0.3 is 14.4 Å². The van der Waals surface area contributed by atoms with Crippen LogP contribution in [0.3, 0.4) is 0 Å². The van der Waals surface area contributed by atoms with Crippen molar-refractivity contribution >= 4 is 14.5 Å². The Morgan fingerprint density at radius 3 is 2.14 bits per heavy atom. The van der Waals surface area contributed by atoms with E-state index in [1.54, 1.807) is 0 Å². The largest absolute Gasteiger partial charge is 0.817 e. The van der Waals surface area contributed by atoms with Gasteiger partial charge in [0.25, 0.3) is 7.00 Å². The standard InChI is InChI=1S/CH2BNO3P/c3-1-2-7(4,5)6/h(H2,4,5,6)/p-2. The third-order valence-corrected chi connectivity index (χ3v) is 0.648. The Morgan fingerprint density at radius 2 is 2.14 bits per heavy atom. The van der Waals surface area contributed by atoms with E-state index in [0.29, 0.717) is 0 Å². The predicted octanol–water partition coefficient (Wildman–Crippen LogP) is -2.00. The van der Waals surface area contributed by atoms with E-state index in [2.05, 4.69) is 0 Å². The van der Waals surface area contributed by atoms with Crippen molar-refractivity contribution in [1.29, 1.82) is 5.26 Å². The third-order valence-electron chi connectivity index (χ3n) is 0.216. The lowest BCUT2D eigenvalue weighted by Crippen LogP contribution is -2.17. The zero-order chi connectivity index (χ0) is 5.91. The molecule has 0 saturated carbocycles. The van der Waals surface area contributed by atoms with Gasteiger partial charge in [0.1, 0.15) is 0 Å². The first-order valence-corrected chi connectivity index (χ1v) is 2.93. The molecule has 0 unspecified atom stereocenters. The lowest BCUT2D eigenvalue weighted by atomic mass is 10.2. The van der Waals surface area contributed by atoms with E-state index in [-0.39, 0.29) is 7.00 Å². The average Bonchev–Trinajstić information content (AvgIpc) is 1.30. The molecule has 0 rings (SSSR count). The van der Waals surface area contributed by atoms with Gasteiger partial charge in [0.05, 0.1) is 0 Å². The van der Waals surface area contributed by atoms with E-state index >= 15 is 0 Å². The molecule has 0 saturated heterocycles. The van der Waals surface area contributed by atoms with Crippen molar-refractivity contribution in [3.63, 3.8) is 0 Å². The summed E-state index contributed by atoms with van der Waals surface area (Å²) in [6.45, 7) is 0.0625. The third kappa shape index (κ3) is 5.70. The molecule has 0 aliphatic rings. The topological polar surface area (TPSA) is 87.0 Å². The van der Waals surface area contributed by atoms with Crippen LogP contribution in [0.4, 0.5) is 0 Å². The summed E-state index contributed by atoms with van der Waals surface area (Å²) >= 11 is 0. The van der Waals surface area contributed by atoms with Crippen LogP contribution in [0.25, 0.3) is 0 Å². The molecule has 4 nitrogen and oxygen atoms in total. The van der Waals surface area contributed by atoms with E-state index in [9.17, 15) is 14.4 Å². The van der Waals surface area contributed by atoms with Crippen molar-refractivity contribution in [3.05, 3.63) is 0 Å². The quantitative estimate of drug-likeness (QED) is 0.292. The Kier molecular flexibility index (Phi) is 2.04. The molecule has 37 valence electrons. The van der Waals surface area contributed by atoms with Gasteiger partial charge in [0.15, 0.2) is 0 Å². The highest BCUT2D eigenvalue weighted by atomic mass is 31.2. The van der Waals surface area contributed by atoms with Crippen LogP contribution in [0.15, 0.2) is 0 Å². The SMILES string of the molecule is N#C[B]P(=O)([O-])[O-]. The smallest absolute Gasteiger partial charge is 0.297 e. The van der Waals surface area contributed by atoms with Crippen LogP contribution < -0.4 is 9.79 Å². The molecule has 6 heteroatoms. The van der Waals surface area contributed by atoms with Crippen molar-refractivity contribution in [2.75, 3.05) is 0 Å². The van der Waals surface area contributed by atoms with E-state index in [4.69, 9.17) is 5.26 Å². The molecule has 0 spiro atoms. The highest BCUT2D eigenvalue weighted by molar-refractivity contribution is 7.81. The lowest BCUT2D eigenvalue weighted by molar-refractivity contribution is -0.304. The minimum Gasteiger partial charge on any atom is -0.817 e. The molecule has 0 aromatic heterocycles. The minimum atomic E-state index is -4.65. The molecule has 0 atom stereocenters. The van der Waals surface area contributed by atoms with Crippen LogP contribution in [-0.2, 0) is 4.57 Å². The maximum Gasteiger partial charge on any atom is 0.297 e.